The van der Waals surface area contributed by atoms with Gasteiger partial charge in [0.25, 0.3) is 5.56 Å². The quantitative estimate of drug-likeness (QED) is 0.528. The summed E-state index contributed by atoms with van der Waals surface area (Å²) >= 11 is 6.01. The second-order valence-electron chi connectivity index (χ2n) is 6.41. The van der Waals surface area contributed by atoms with E-state index in [2.05, 4.69) is 39.4 Å². The summed E-state index contributed by atoms with van der Waals surface area (Å²) in [4.78, 5) is 23.3. The van der Waals surface area contributed by atoms with Crippen LogP contribution < -0.4 is 16.2 Å². The first kappa shape index (κ1) is 18.0. The van der Waals surface area contributed by atoms with Crippen molar-refractivity contribution in [1.29, 1.82) is 0 Å². The van der Waals surface area contributed by atoms with E-state index in [1.54, 1.807) is 24.3 Å². The van der Waals surface area contributed by atoms with Crippen LogP contribution in [0, 0.1) is 5.92 Å². The Morgan fingerprint density at radius 3 is 2.85 bits per heavy atom. The van der Waals surface area contributed by atoms with Crippen LogP contribution in [0.3, 0.4) is 0 Å². The highest BCUT2D eigenvalue weighted by atomic mass is 35.5. The molecule has 7 nitrogen and oxygen atoms in total. The monoisotopic (exact) mass is 373 g/mol. The van der Waals surface area contributed by atoms with E-state index in [0.717, 1.165) is 10.9 Å². The molecule has 2 aromatic heterocycles. The lowest BCUT2D eigenvalue weighted by Crippen LogP contribution is -2.17. The van der Waals surface area contributed by atoms with E-state index < -0.39 is 0 Å². The van der Waals surface area contributed by atoms with E-state index in [1.165, 1.54) is 6.20 Å². The van der Waals surface area contributed by atoms with Crippen molar-refractivity contribution >= 4 is 34.3 Å². The summed E-state index contributed by atoms with van der Waals surface area (Å²) in [5.41, 5.74) is 1.07. The number of aromatic hydroxyl groups is 1. The molecule has 0 aliphatic carbocycles. The largest absolute Gasteiger partial charge is 0.503 e. The number of rotatable bonds is 6. The maximum absolute atomic E-state index is 12.2. The van der Waals surface area contributed by atoms with Gasteiger partial charge in [0.1, 0.15) is 0 Å². The smallest absolute Gasteiger partial charge is 0.253 e. The van der Waals surface area contributed by atoms with Crippen LogP contribution >= 0.6 is 11.6 Å². The third-order valence-corrected chi connectivity index (χ3v) is 4.00. The molecule has 1 aromatic carbocycles. The van der Waals surface area contributed by atoms with Gasteiger partial charge in [0.2, 0.25) is 5.95 Å². The number of halogens is 1. The molecule has 4 N–H and O–H groups in total. The van der Waals surface area contributed by atoms with Gasteiger partial charge in [-0.25, -0.2) is 4.98 Å². The van der Waals surface area contributed by atoms with Crippen LogP contribution in [0.25, 0.3) is 10.9 Å². The van der Waals surface area contributed by atoms with Crippen LogP contribution in [0.15, 0.2) is 35.3 Å². The Bertz CT molecular complexity index is 987. The number of aromatic nitrogens is 3. The maximum Gasteiger partial charge on any atom is 0.253 e. The lowest BCUT2D eigenvalue weighted by atomic mass is 10.1. The van der Waals surface area contributed by atoms with E-state index in [9.17, 15) is 9.90 Å². The third kappa shape index (κ3) is 4.23. The maximum atomic E-state index is 12.2. The Labute approximate surface area is 155 Å². The van der Waals surface area contributed by atoms with Crippen LogP contribution in [0.1, 0.15) is 19.4 Å². The first-order chi connectivity index (χ1) is 12.4. The van der Waals surface area contributed by atoms with E-state index in [4.69, 9.17) is 11.6 Å². The zero-order valence-corrected chi connectivity index (χ0v) is 15.3. The third-order valence-electron chi connectivity index (χ3n) is 3.77. The van der Waals surface area contributed by atoms with Gasteiger partial charge in [-0.3, -0.25) is 4.79 Å². The second kappa shape index (κ2) is 7.61. The molecule has 0 unspecified atom stereocenters. The van der Waals surface area contributed by atoms with Crippen molar-refractivity contribution < 1.29 is 5.11 Å². The molecule has 26 heavy (non-hydrogen) atoms. The molecule has 0 saturated heterocycles. The standard InChI is InChI=1S/C18H20ClN5O2/c1-10(2)7-20-16-15(25)9-22-18(24-16)21-8-12-5-11-6-13(19)3-4-14(11)23-17(12)26/h3-6,9-10,25H,7-8H2,1-2H3,(H,23,26)(H2,20,21,22,24). The zero-order chi connectivity index (χ0) is 18.7. The van der Waals surface area contributed by atoms with Crippen LogP contribution in [-0.4, -0.2) is 26.6 Å². The molecule has 0 bridgehead atoms. The highest BCUT2D eigenvalue weighted by Gasteiger charge is 2.08. The summed E-state index contributed by atoms with van der Waals surface area (Å²) in [5, 5.41) is 17.4. The van der Waals surface area contributed by atoms with Gasteiger partial charge in [-0.05, 0) is 30.2 Å². The molecule has 0 fully saturated rings. The van der Waals surface area contributed by atoms with Crippen LogP contribution in [-0.2, 0) is 6.54 Å². The molecule has 3 rings (SSSR count). The number of H-pyrrole nitrogens is 1. The van der Waals surface area contributed by atoms with Gasteiger partial charge in [-0.15, -0.1) is 0 Å². The number of fused-ring (bicyclic) bond motifs is 1. The van der Waals surface area contributed by atoms with E-state index >= 15 is 0 Å². The molecule has 0 radical (unpaired) electrons. The number of pyridine rings is 1. The SMILES string of the molecule is CC(C)CNc1nc(NCc2cc3cc(Cl)ccc3[nH]c2=O)ncc1O. The summed E-state index contributed by atoms with van der Waals surface area (Å²) in [6, 6.07) is 7.08. The second-order valence-corrected chi connectivity index (χ2v) is 6.85. The normalized spacial score (nSPS) is 11.1. The summed E-state index contributed by atoms with van der Waals surface area (Å²) in [6.07, 6.45) is 1.32. The molecule has 136 valence electrons. The average Bonchev–Trinajstić information content (AvgIpc) is 2.60. The highest BCUT2D eigenvalue weighted by Crippen LogP contribution is 2.21. The predicted octanol–water partition coefficient (Wildman–Crippen LogP) is 3.36. The minimum atomic E-state index is -0.191. The molecule has 0 amide bonds. The van der Waals surface area contributed by atoms with Crippen LogP contribution in [0.4, 0.5) is 11.8 Å². The molecule has 0 aliphatic rings. The minimum absolute atomic E-state index is 0.0191. The van der Waals surface area contributed by atoms with Gasteiger partial charge in [-0.1, -0.05) is 25.4 Å². The van der Waals surface area contributed by atoms with Crippen molar-refractivity contribution in [1.82, 2.24) is 15.0 Å². The number of hydrogen-bond donors (Lipinski definition) is 4. The molecule has 0 saturated carbocycles. The highest BCUT2D eigenvalue weighted by molar-refractivity contribution is 6.31. The van der Waals surface area contributed by atoms with Crippen molar-refractivity contribution in [3.8, 4) is 5.75 Å². The van der Waals surface area contributed by atoms with E-state index in [-0.39, 0.29) is 17.9 Å². The van der Waals surface area contributed by atoms with Crippen LogP contribution in [0.5, 0.6) is 5.75 Å². The topological polar surface area (TPSA) is 103 Å². The molecule has 0 spiro atoms. The van der Waals surface area contributed by atoms with Crippen LogP contribution in [0.2, 0.25) is 5.02 Å². The lowest BCUT2D eigenvalue weighted by molar-refractivity contribution is 0.471. The fourth-order valence-electron chi connectivity index (χ4n) is 2.42. The van der Waals surface area contributed by atoms with Crippen molar-refractivity contribution in [2.75, 3.05) is 17.2 Å². The van der Waals surface area contributed by atoms with Crippen molar-refractivity contribution in [2.24, 2.45) is 5.92 Å². The molecule has 8 heteroatoms. The minimum Gasteiger partial charge on any atom is -0.503 e. The predicted molar refractivity (Wildman–Crippen MR) is 104 cm³/mol. The first-order valence-corrected chi connectivity index (χ1v) is 8.65. The Balaban J connectivity index is 1.78. The number of anilines is 2. The van der Waals surface area contributed by atoms with Gasteiger partial charge in [-0.2, -0.15) is 4.98 Å². The average molecular weight is 374 g/mol. The number of nitrogens with one attached hydrogen (secondary N) is 3. The van der Waals surface area contributed by atoms with Crippen molar-refractivity contribution in [3.63, 3.8) is 0 Å². The summed E-state index contributed by atoms with van der Waals surface area (Å²) in [5.74, 6) is 1.06. The van der Waals surface area contributed by atoms with E-state index in [0.29, 0.717) is 34.8 Å². The number of hydrogen-bond acceptors (Lipinski definition) is 6. The first-order valence-electron chi connectivity index (χ1n) is 8.27. The Hall–Kier alpha value is -2.80. The fraction of sp³-hybridized carbons (Fsp3) is 0.278. The number of nitrogens with zero attached hydrogens (tertiary/aromatic N) is 2. The van der Waals surface area contributed by atoms with Gasteiger partial charge in [0.15, 0.2) is 11.6 Å². The van der Waals surface area contributed by atoms with Gasteiger partial charge >= 0.3 is 0 Å². The fourth-order valence-corrected chi connectivity index (χ4v) is 2.60. The molecule has 2 heterocycles. The molecular formula is C18H20ClN5O2. The van der Waals surface area contributed by atoms with Gasteiger partial charge < -0.3 is 20.7 Å². The van der Waals surface area contributed by atoms with E-state index in [1.807, 2.05) is 0 Å². The Morgan fingerprint density at radius 2 is 2.08 bits per heavy atom. The number of aromatic amines is 1. The summed E-state index contributed by atoms with van der Waals surface area (Å²) < 4.78 is 0. The molecule has 0 aliphatic heterocycles. The van der Waals surface area contributed by atoms with Crippen molar-refractivity contribution in [2.45, 2.75) is 20.4 Å². The van der Waals surface area contributed by atoms with Crippen molar-refractivity contribution in [3.05, 3.63) is 51.4 Å². The summed E-state index contributed by atoms with van der Waals surface area (Å²) in [7, 11) is 0. The molecule has 3 aromatic rings. The Morgan fingerprint density at radius 1 is 1.27 bits per heavy atom. The zero-order valence-electron chi connectivity index (χ0n) is 14.5. The lowest BCUT2D eigenvalue weighted by Gasteiger charge is -2.11. The Kier molecular flexibility index (Phi) is 5.27. The molecule has 0 atom stereocenters. The van der Waals surface area contributed by atoms with Gasteiger partial charge in [0.05, 0.1) is 6.20 Å². The number of benzene rings is 1. The summed E-state index contributed by atoms with van der Waals surface area (Å²) in [6.45, 7) is 5.03. The van der Waals surface area contributed by atoms with Gasteiger partial charge in [0, 0.05) is 34.6 Å². The molecular weight excluding hydrogens is 354 g/mol.